The lowest BCUT2D eigenvalue weighted by atomic mass is 10.1. The van der Waals surface area contributed by atoms with Crippen LogP contribution in [0.1, 0.15) is 48.9 Å². The van der Waals surface area contributed by atoms with Gasteiger partial charge in [-0.1, -0.05) is 17.3 Å². The Morgan fingerprint density at radius 3 is 2.43 bits per heavy atom. The fourth-order valence-corrected chi connectivity index (χ4v) is 3.25. The zero-order valence-corrected chi connectivity index (χ0v) is 16.5. The second-order valence-electron chi connectivity index (χ2n) is 7.20. The number of amides is 3. The smallest absolute Gasteiger partial charge is 0.319 e. The minimum absolute atomic E-state index is 0.00873. The maximum atomic E-state index is 12.8. The molecule has 150 valence electrons. The molecule has 0 aliphatic carbocycles. The summed E-state index contributed by atoms with van der Waals surface area (Å²) in [6.07, 6.45) is 1.92. The number of para-hydroxylation sites is 2. The molecule has 1 fully saturated rings. The number of carbonyl (C=O) groups is 2. The second-order valence-corrected chi connectivity index (χ2v) is 7.20. The van der Waals surface area contributed by atoms with E-state index in [2.05, 4.69) is 31.6 Å². The molecule has 0 unspecified atom stereocenters. The van der Waals surface area contributed by atoms with Gasteiger partial charge >= 0.3 is 6.03 Å². The Bertz CT molecular complexity index is 841. The number of piperidine rings is 1. The van der Waals surface area contributed by atoms with Gasteiger partial charge in [0.1, 0.15) is 0 Å². The third kappa shape index (κ3) is 4.66. The van der Waals surface area contributed by atoms with Crippen LogP contribution in [0.3, 0.4) is 0 Å². The number of carbonyl (C=O) groups excluding carboxylic acids is 2. The Morgan fingerprint density at radius 2 is 1.79 bits per heavy atom. The molecule has 9 heteroatoms. The Balaban J connectivity index is 1.73. The minimum Gasteiger partial charge on any atom is -0.336 e. The Hall–Kier alpha value is -2.94. The quantitative estimate of drug-likeness (QED) is 0.631. The largest absolute Gasteiger partial charge is 0.336 e. The molecule has 1 aromatic carbocycles. The van der Waals surface area contributed by atoms with Crippen LogP contribution in [0.15, 0.2) is 24.3 Å². The molecule has 0 saturated carbocycles. The van der Waals surface area contributed by atoms with Crippen molar-refractivity contribution in [1.82, 2.24) is 25.6 Å². The molecule has 0 spiro atoms. The summed E-state index contributed by atoms with van der Waals surface area (Å²) in [5.74, 6) is -0.351. The van der Waals surface area contributed by atoms with E-state index in [1.807, 2.05) is 25.5 Å². The molecule has 3 rings (SSSR count). The number of benzene rings is 1. The highest BCUT2D eigenvalue weighted by Crippen LogP contribution is 2.23. The molecule has 1 aromatic heterocycles. The maximum absolute atomic E-state index is 12.8. The number of nitrogens with one attached hydrogen (secondary N) is 4. The molecule has 1 aliphatic heterocycles. The molecule has 3 amide bonds. The van der Waals surface area contributed by atoms with E-state index in [9.17, 15) is 9.59 Å². The first-order valence-electron chi connectivity index (χ1n) is 9.56. The van der Waals surface area contributed by atoms with Gasteiger partial charge in [0.2, 0.25) is 0 Å². The van der Waals surface area contributed by atoms with Crippen LogP contribution in [-0.4, -0.2) is 46.1 Å². The predicted octanol–water partition coefficient (Wildman–Crippen LogP) is 2.29. The normalized spacial score (nSPS) is 14.7. The molecule has 0 atom stereocenters. The minimum atomic E-state index is -0.351. The molecular formula is C19H27N7O2. The van der Waals surface area contributed by atoms with Crippen LogP contribution in [0.4, 0.5) is 16.2 Å². The summed E-state index contributed by atoms with van der Waals surface area (Å²) in [6, 6.07) is 6.98. The monoisotopic (exact) mass is 385 g/mol. The van der Waals surface area contributed by atoms with Crippen LogP contribution >= 0.6 is 0 Å². The van der Waals surface area contributed by atoms with Gasteiger partial charge in [0, 0.05) is 6.04 Å². The molecule has 0 radical (unpaired) electrons. The molecular weight excluding hydrogens is 358 g/mol. The highest BCUT2D eigenvalue weighted by Gasteiger charge is 2.23. The lowest BCUT2D eigenvalue weighted by Gasteiger charge is -2.23. The predicted molar refractivity (Wildman–Crippen MR) is 108 cm³/mol. The van der Waals surface area contributed by atoms with Crippen molar-refractivity contribution in [2.75, 3.05) is 23.7 Å². The molecule has 2 aromatic rings. The van der Waals surface area contributed by atoms with Crippen molar-refractivity contribution < 1.29 is 9.59 Å². The van der Waals surface area contributed by atoms with Crippen LogP contribution in [-0.2, 0) is 0 Å². The van der Waals surface area contributed by atoms with Gasteiger partial charge in [-0.05, 0) is 58.8 Å². The zero-order valence-electron chi connectivity index (χ0n) is 16.5. The van der Waals surface area contributed by atoms with Gasteiger partial charge in [-0.25, -0.2) is 9.48 Å². The standard InChI is InChI=1S/C19H27N7O2/c1-12(2)21-19(28)23-16-7-5-4-6-15(16)22-18(27)17-13(3)26(25-24-17)14-8-10-20-11-9-14/h4-7,12,14,20H,8-11H2,1-3H3,(H,22,27)(H2,21,23,28). The summed E-state index contributed by atoms with van der Waals surface area (Å²) in [7, 11) is 0. The summed E-state index contributed by atoms with van der Waals surface area (Å²) in [5, 5.41) is 20.0. The van der Waals surface area contributed by atoms with Crippen LogP contribution in [0.2, 0.25) is 0 Å². The van der Waals surface area contributed by atoms with Gasteiger partial charge in [-0.15, -0.1) is 5.10 Å². The molecule has 9 nitrogen and oxygen atoms in total. The molecule has 0 bridgehead atoms. The van der Waals surface area contributed by atoms with Gasteiger partial charge < -0.3 is 21.3 Å². The topological polar surface area (TPSA) is 113 Å². The molecule has 1 saturated heterocycles. The first kappa shape index (κ1) is 19.8. The summed E-state index contributed by atoms with van der Waals surface area (Å²) < 4.78 is 1.84. The number of hydrogen-bond donors (Lipinski definition) is 4. The van der Waals surface area contributed by atoms with Gasteiger partial charge in [0.25, 0.3) is 5.91 Å². The van der Waals surface area contributed by atoms with Crippen LogP contribution < -0.4 is 21.3 Å². The number of urea groups is 1. The average Bonchev–Trinajstić information content (AvgIpc) is 3.05. The van der Waals surface area contributed by atoms with Crippen molar-refractivity contribution in [3.05, 3.63) is 35.7 Å². The van der Waals surface area contributed by atoms with E-state index in [1.165, 1.54) is 0 Å². The van der Waals surface area contributed by atoms with Crippen molar-refractivity contribution >= 4 is 23.3 Å². The van der Waals surface area contributed by atoms with Gasteiger partial charge in [0.05, 0.1) is 23.1 Å². The van der Waals surface area contributed by atoms with E-state index in [0.29, 0.717) is 17.1 Å². The molecule has 1 aliphatic rings. The third-order valence-electron chi connectivity index (χ3n) is 4.64. The number of anilines is 2. The number of hydrogen-bond acceptors (Lipinski definition) is 5. The van der Waals surface area contributed by atoms with Crippen LogP contribution in [0.5, 0.6) is 0 Å². The van der Waals surface area contributed by atoms with E-state index in [4.69, 9.17) is 0 Å². The van der Waals surface area contributed by atoms with Crippen molar-refractivity contribution in [3.8, 4) is 0 Å². The fourth-order valence-electron chi connectivity index (χ4n) is 3.25. The Morgan fingerprint density at radius 1 is 1.14 bits per heavy atom. The van der Waals surface area contributed by atoms with E-state index in [-0.39, 0.29) is 24.0 Å². The van der Waals surface area contributed by atoms with Crippen molar-refractivity contribution in [2.45, 2.75) is 45.7 Å². The highest BCUT2D eigenvalue weighted by molar-refractivity contribution is 6.06. The SMILES string of the molecule is Cc1c(C(=O)Nc2ccccc2NC(=O)NC(C)C)nnn1C1CCNCC1. The zero-order chi connectivity index (χ0) is 20.1. The summed E-state index contributed by atoms with van der Waals surface area (Å²) in [5.41, 5.74) is 2.05. The average molecular weight is 385 g/mol. The molecule has 28 heavy (non-hydrogen) atoms. The Kier molecular flexibility index (Phi) is 6.25. The maximum Gasteiger partial charge on any atom is 0.319 e. The summed E-state index contributed by atoms with van der Waals surface area (Å²) >= 11 is 0. The fraction of sp³-hybridized carbons (Fsp3) is 0.474. The highest BCUT2D eigenvalue weighted by atomic mass is 16.2. The number of aromatic nitrogens is 3. The number of rotatable bonds is 5. The van der Waals surface area contributed by atoms with Crippen LogP contribution in [0, 0.1) is 6.92 Å². The third-order valence-corrected chi connectivity index (χ3v) is 4.64. The first-order valence-corrected chi connectivity index (χ1v) is 9.56. The number of nitrogens with zero attached hydrogens (tertiary/aromatic N) is 3. The van der Waals surface area contributed by atoms with Crippen molar-refractivity contribution in [3.63, 3.8) is 0 Å². The van der Waals surface area contributed by atoms with E-state index >= 15 is 0 Å². The summed E-state index contributed by atoms with van der Waals surface area (Å²) in [6.45, 7) is 7.48. The molecule has 4 N–H and O–H groups in total. The van der Waals surface area contributed by atoms with Gasteiger partial charge in [0.15, 0.2) is 5.69 Å². The van der Waals surface area contributed by atoms with E-state index in [1.54, 1.807) is 24.3 Å². The van der Waals surface area contributed by atoms with Gasteiger partial charge in [-0.3, -0.25) is 4.79 Å². The van der Waals surface area contributed by atoms with Crippen molar-refractivity contribution in [2.24, 2.45) is 0 Å². The second kappa shape index (κ2) is 8.83. The summed E-state index contributed by atoms with van der Waals surface area (Å²) in [4.78, 5) is 24.8. The van der Waals surface area contributed by atoms with Crippen LogP contribution in [0.25, 0.3) is 0 Å². The first-order chi connectivity index (χ1) is 13.5. The van der Waals surface area contributed by atoms with Crippen molar-refractivity contribution in [1.29, 1.82) is 0 Å². The van der Waals surface area contributed by atoms with E-state index < -0.39 is 0 Å². The lowest BCUT2D eigenvalue weighted by molar-refractivity contribution is 0.102. The van der Waals surface area contributed by atoms with Gasteiger partial charge in [-0.2, -0.15) is 0 Å². The van der Waals surface area contributed by atoms with E-state index in [0.717, 1.165) is 31.6 Å². The lowest BCUT2D eigenvalue weighted by Crippen LogP contribution is -2.34. The molecule has 2 heterocycles. The Labute approximate surface area is 164 Å².